The van der Waals surface area contributed by atoms with E-state index in [9.17, 15) is 19.8 Å². The zero-order valence-electron chi connectivity index (χ0n) is 15.4. The Kier molecular flexibility index (Phi) is 6.07. The largest absolute Gasteiger partial charge is 0.507 e. The molecule has 0 bridgehead atoms. The van der Waals surface area contributed by atoms with Crippen LogP contribution in [0.25, 0.3) is 6.08 Å². The average Bonchev–Trinajstić information content (AvgIpc) is 2.64. The van der Waals surface area contributed by atoms with Crippen LogP contribution in [0.3, 0.4) is 0 Å². The standard InChI is InChI=1S/C20H20O7/c1-11(21)13-8-14(17(24)9-16(13)23)15(22)6-5-12-7-19(26-3)20(27-4)10-18(12)25-2/h5-10,23-24H,1-4H3/b6-5+. The maximum atomic E-state index is 12.5. The van der Waals surface area contributed by atoms with Crippen molar-refractivity contribution in [3.8, 4) is 28.7 Å². The molecular formula is C20H20O7. The molecule has 2 aromatic carbocycles. The van der Waals surface area contributed by atoms with Crippen LogP contribution in [0, 0.1) is 0 Å². The van der Waals surface area contributed by atoms with Gasteiger partial charge >= 0.3 is 0 Å². The molecule has 7 nitrogen and oxygen atoms in total. The third-order valence-electron chi connectivity index (χ3n) is 3.91. The van der Waals surface area contributed by atoms with Gasteiger partial charge in [-0.05, 0) is 31.2 Å². The molecule has 0 unspecified atom stereocenters. The fraction of sp³-hybridized carbons (Fsp3) is 0.200. The first kappa shape index (κ1) is 19.8. The van der Waals surface area contributed by atoms with E-state index in [-0.39, 0.29) is 16.9 Å². The summed E-state index contributed by atoms with van der Waals surface area (Å²) in [6.45, 7) is 1.25. The Balaban J connectivity index is 2.43. The first-order chi connectivity index (χ1) is 12.8. The fourth-order valence-electron chi connectivity index (χ4n) is 2.49. The Hall–Kier alpha value is -3.48. The van der Waals surface area contributed by atoms with Crippen LogP contribution in [0.4, 0.5) is 0 Å². The van der Waals surface area contributed by atoms with E-state index in [0.29, 0.717) is 22.8 Å². The molecule has 0 heterocycles. The van der Waals surface area contributed by atoms with Crippen LogP contribution in [-0.2, 0) is 0 Å². The van der Waals surface area contributed by atoms with Crippen molar-refractivity contribution in [1.82, 2.24) is 0 Å². The number of hydrogen-bond acceptors (Lipinski definition) is 7. The molecule has 0 saturated carbocycles. The van der Waals surface area contributed by atoms with Gasteiger partial charge in [-0.25, -0.2) is 0 Å². The zero-order chi connectivity index (χ0) is 20.1. The van der Waals surface area contributed by atoms with Crippen LogP contribution in [0.15, 0.2) is 30.3 Å². The second-order valence-corrected chi connectivity index (χ2v) is 5.59. The summed E-state index contributed by atoms with van der Waals surface area (Å²) in [4.78, 5) is 24.0. The van der Waals surface area contributed by atoms with Crippen LogP contribution < -0.4 is 14.2 Å². The van der Waals surface area contributed by atoms with E-state index in [0.717, 1.165) is 12.1 Å². The van der Waals surface area contributed by atoms with Crippen LogP contribution in [0.5, 0.6) is 28.7 Å². The van der Waals surface area contributed by atoms with E-state index in [4.69, 9.17) is 14.2 Å². The summed E-state index contributed by atoms with van der Waals surface area (Å²) in [5.74, 6) is -0.402. The van der Waals surface area contributed by atoms with Gasteiger partial charge in [0.15, 0.2) is 23.1 Å². The Bertz CT molecular complexity index is 913. The highest BCUT2D eigenvalue weighted by atomic mass is 16.5. The highest BCUT2D eigenvalue weighted by molar-refractivity contribution is 6.10. The molecule has 0 saturated heterocycles. The molecule has 0 aromatic heterocycles. The monoisotopic (exact) mass is 372 g/mol. The van der Waals surface area contributed by atoms with Gasteiger partial charge in [-0.3, -0.25) is 9.59 Å². The predicted molar refractivity (Wildman–Crippen MR) is 99.2 cm³/mol. The molecule has 0 spiro atoms. The van der Waals surface area contributed by atoms with Gasteiger partial charge in [0, 0.05) is 17.7 Å². The minimum atomic E-state index is -0.549. The molecule has 2 aromatic rings. The van der Waals surface area contributed by atoms with E-state index in [1.165, 1.54) is 40.4 Å². The van der Waals surface area contributed by atoms with Crippen molar-refractivity contribution in [3.63, 3.8) is 0 Å². The van der Waals surface area contributed by atoms with E-state index < -0.39 is 17.3 Å². The molecule has 0 atom stereocenters. The molecule has 27 heavy (non-hydrogen) atoms. The van der Waals surface area contributed by atoms with Crippen molar-refractivity contribution in [1.29, 1.82) is 0 Å². The van der Waals surface area contributed by atoms with Crippen molar-refractivity contribution in [2.24, 2.45) is 0 Å². The molecule has 0 aliphatic heterocycles. The Morgan fingerprint density at radius 1 is 0.815 bits per heavy atom. The predicted octanol–water partition coefficient (Wildman–Crippen LogP) is 3.22. The topological polar surface area (TPSA) is 102 Å². The summed E-state index contributed by atoms with van der Waals surface area (Å²) < 4.78 is 15.7. The minimum Gasteiger partial charge on any atom is -0.507 e. The lowest BCUT2D eigenvalue weighted by atomic mass is 10.0. The van der Waals surface area contributed by atoms with Gasteiger partial charge in [-0.1, -0.05) is 0 Å². The van der Waals surface area contributed by atoms with Gasteiger partial charge in [0.05, 0.1) is 32.5 Å². The molecule has 0 aliphatic rings. The number of aromatic hydroxyl groups is 2. The van der Waals surface area contributed by atoms with E-state index >= 15 is 0 Å². The van der Waals surface area contributed by atoms with Crippen molar-refractivity contribution < 1.29 is 34.0 Å². The summed E-state index contributed by atoms with van der Waals surface area (Å²) >= 11 is 0. The van der Waals surface area contributed by atoms with Crippen LogP contribution in [0.1, 0.15) is 33.2 Å². The molecular weight excluding hydrogens is 352 g/mol. The van der Waals surface area contributed by atoms with Crippen LogP contribution in [-0.4, -0.2) is 43.1 Å². The molecule has 7 heteroatoms. The number of Topliss-reactive ketones (excluding diaryl/α,β-unsaturated/α-hetero) is 1. The minimum absolute atomic E-state index is 0.0479. The van der Waals surface area contributed by atoms with Gasteiger partial charge in [-0.15, -0.1) is 0 Å². The first-order valence-corrected chi connectivity index (χ1v) is 7.91. The second kappa shape index (κ2) is 8.27. The van der Waals surface area contributed by atoms with Crippen LogP contribution >= 0.6 is 0 Å². The molecule has 142 valence electrons. The number of benzene rings is 2. The van der Waals surface area contributed by atoms with Crippen molar-refractivity contribution >= 4 is 17.6 Å². The number of allylic oxidation sites excluding steroid dienone is 1. The van der Waals surface area contributed by atoms with Crippen molar-refractivity contribution in [3.05, 3.63) is 47.0 Å². The Morgan fingerprint density at radius 3 is 1.93 bits per heavy atom. The number of phenolic OH excluding ortho intramolecular Hbond substituents is 2. The first-order valence-electron chi connectivity index (χ1n) is 7.91. The number of ether oxygens (including phenoxy) is 3. The van der Waals surface area contributed by atoms with Crippen molar-refractivity contribution in [2.75, 3.05) is 21.3 Å². The number of ketones is 2. The van der Waals surface area contributed by atoms with Gasteiger partial charge < -0.3 is 24.4 Å². The summed E-state index contributed by atoms with van der Waals surface area (Å²) in [7, 11) is 4.46. The third-order valence-corrected chi connectivity index (χ3v) is 3.91. The highest BCUT2D eigenvalue weighted by Crippen LogP contribution is 2.35. The molecule has 0 radical (unpaired) electrons. The second-order valence-electron chi connectivity index (χ2n) is 5.59. The summed E-state index contributed by atoms with van der Waals surface area (Å²) in [6.07, 6.45) is 2.71. The summed E-state index contributed by atoms with van der Waals surface area (Å²) in [5, 5.41) is 19.6. The number of carbonyl (C=O) groups is 2. The smallest absolute Gasteiger partial charge is 0.189 e. The molecule has 2 N–H and O–H groups in total. The Labute approximate surface area is 156 Å². The lowest BCUT2D eigenvalue weighted by Crippen LogP contribution is -2.00. The number of methoxy groups -OCH3 is 3. The van der Waals surface area contributed by atoms with Gasteiger partial charge in [-0.2, -0.15) is 0 Å². The van der Waals surface area contributed by atoms with Gasteiger partial charge in [0.25, 0.3) is 0 Å². The third kappa shape index (κ3) is 4.20. The molecule has 0 amide bonds. The number of phenols is 2. The number of rotatable bonds is 7. The highest BCUT2D eigenvalue weighted by Gasteiger charge is 2.16. The van der Waals surface area contributed by atoms with E-state index in [2.05, 4.69) is 0 Å². The summed E-state index contributed by atoms with van der Waals surface area (Å²) in [6, 6.07) is 5.38. The maximum absolute atomic E-state index is 12.5. The molecule has 0 fully saturated rings. The van der Waals surface area contributed by atoms with E-state index in [1.54, 1.807) is 12.1 Å². The Morgan fingerprint density at radius 2 is 1.37 bits per heavy atom. The quantitative estimate of drug-likeness (QED) is 0.568. The maximum Gasteiger partial charge on any atom is 0.189 e. The lowest BCUT2D eigenvalue weighted by Gasteiger charge is -2.12. The fourth-order valence-corrected chi connectivity index (χ4v) is 2.49. The van der Waals surface area contributed by atoms with Gasteiger partial charge in [0.2, 0.25) is 0 Å². The average molecular weight is 372 g/mol. The zero-order valence-corrected chi connectivity index (χ0v) is 15.4. The SMILES string of the molecule is COc1cc(OC)c(OC)cc1/C=C/C(=O)c1cc(C(C)=O)c(O)cc1O. The normalized spacial score (nSPS) is 10.7. The van der Waals surface area contributed by atoms with Crippen molar-refractivity contribution in [2.45, 2.75) is 6.92 Å². The van der Waals surface area contributed by atoms with Crippen LogP contribution in [0.2, 0.25) is 0 Å². The van der Waals surface area contributed by atoms with E-state index in [1.807, 2.05) is 0 Å². The molecule has 0 aliphatic carbocycles. The van der Waals surface area contributed by atoms with Gasteiger partial charge in [0.1, 0.15) is 17.2 Å². The lowest BCUT2D eigenvalue weighted by molar-refractivity contribution is 0.101. The summed E-state index contributed by atoms with van der Waals surface area (Å²) in [5.41, 5.74) is 0.399. The number of carbonyl (C=O) groups excluding carboxylic acids is 2. The number of hydrogen-bond donors (Lipinski definition) is 2. The molecule has 2 rings (SSSR count).